The maximum Gasteiger partial charge on any atom is 0.359 e. The summed E-state index contributed by atoms with van der Waals surface area (Å²) in [5, 5.41) is 3.58. The number of hydrogen-bond donors (Lipinski definition) is 1. The molecule has 2 heterocycles. The van der Waals surface area contributed by atoms with Crippen molar-refractivity contribution in [2.75, 3.05) is 12.8 Å². The first-order valence-corrected chi connectivity index (χ1v) is 6.70. The number of nitrogen functional groups attached to an aromatic ring is 1. The summed E-state index contributed by atoms with van der Waals surface area (Å²) in [4.78, 5) is 16.4. The van der Waals surface area contributed by atoms with Gasteiger partial charge in [-0.1, -0.05) is 22.9 Å². The van der Waals surface area contributed by atoms with Crippen LogP contribution in [-0.4, -0.2) is 18.1 Å². The van der Waals surface area contributed by atoms with Crippen molar-refractivity contribution in [3.63, 3.8) is 0 Å². The molecule has 0 aliphatic rings. The zero-order valence-electron chi connectivity index (χ0n) is 9.11. The highest BCUT2D eigenvalue weighted by Crippen LogP contribution is 2.40. The fourth-order valence-corrected chi connectivity index (χ4v) is 3.50. The number of nitrogens with two attached hydrogens (primary N) is 1. The van der Waals surface area contributed by atoms with E-state index in [-0.39, 0.29) is 5.69 Å². The van der Waals surface area contributed by atoms with Gasteiger partial charge in [0.2, 0.25) is 0 Å². The zero-order valence-corrected chi connectivity index (χ0v) is 11.5. The summed E-state index contributed by atoms with van der Waals surface area (Å²) >= 11 is 8.85. The minimum atomic E-state index is -0.533. The van der Waals surface area contributed by atoms with Crippen LogP contribution in [0.15, 0.2) is 5.38 Å². The van der Waals surface area contributed by atoms with E-state index in [0.29, 0.717) is 15.0 Å². The van der Waals surface area contributed by atoms with Gasteiger partial charge < -0.3 is 10.5 Å². The molecule has 17 heavy (non-hydrogen) atoms. The number of esters is 1. The molecule has 2 rings (SSSR count). The van der Waals surface area contributed by atoms with E-state index in [1.807, 2.05) is 12.3 Å². The Kier molecular flexibility index (Phi) is 3.37. The molecule has 7 heteroatoms. The molecule has 90 valence electrons. The predicted octanol–water partition coefficient (Wildman–Crippen LogP) is 3.20. The van der Waals surface area contributed by atoms with Crippen molar-refractivity contribution in [1.82, 2.24) is 4.98 Å². The normalized spacial score (nSPS) is 10.5. The fourth-order valence-electron chi connectivity index (χ4n) is 1.25. The third-order valence-electron chi connectivity index (χ3n) is 2.13. The van der Waals surface area contributed by atoms with E-state index < -0.39 is 5.97 Å². The van der Waals surface area contributed by atoms with Gasteiger partial charge in [-0.2, -0.15) is 0 Å². The van der Waals surface area contributed by atoms with Crippen LogP contribution in [0.25, 0.3) is 9.88 Å². The quantitative estimate of drug-likeness (QED) is 0.862. The number of halogens is 1. The summed E-state index contributed by atoms with van der Waals surface area (Å²) < 4.78 is 4.60. The number of anilines is 1. The van der Waals surface area contributed by atoms with Crippen LogP contribution in [0.3, 0.4) is 0 Å². The lowest BCUT2D eigenvalue weighted by molar-refractivity contribution is 0.0596. The van der Waals surface area contributed by atoms with Crippen molar-refractivity contribution >= 4 is 45.2 Å². The van der Waals surface area contributed by atoms with E-state index >= 15 is 0 Å². The van der Waals surface area contributed by atoms with Crippen molar-refractivity contribution < 1.29 is 9.53 Å². The minimum absolute atomic E-state index is 0.148. The highest BCUT2D eigenvalue weighted by Gasteiger charge is 2.20. The molecule has 0 saturated heterocycles. The third kappa shape index (κ3) is 2.15. The minimum Gasteiger partial charge on any atom is -0.464 e. The van der Waals surface area contributed by atoms with E-state index in [0.717, 1.165) is 10.4 Å². The molecule has 0 bridgehead atoms. The molecule has 2 aromatic rings. The van der Waals surface area contributed by atoms with Crippen molar-refractivity contribution in [2.24, 2.45) is 0 Å². The van der Waals surface area contributed by atoms with E-state index in [1.165, 1.54) is 29.8 Å². The number of rotatable bonds is 2. The van der Waals surface area contributed by atoms with E-state index in [4.69, 9.17) is 17.3 Å². The summed E-state index contributed by atoms with van der Waals surface area (Å²) in [6.45, 7) is 1.92. The van der Waals surface area contributed by atoms with Crippen LogP contribution in [0.5, 0.6) is 0 Å². The predicted molar refractivity (Wildman–Crippen MR) is 70.9 cm³/mol. The number of methoxy groups -OCH3 is 1. The first kappa shape index (κ1) is 12.3. The molecule has 0 aliphatic heterocycles. The molecule has 0 fully saturated rings. The van der Waals surface area contributed by atoms with Gasteiger partial charge in [-0.05, 0) is 17.9 Å². The maximum absolute atomic E-state index is 11.4. The second-order valence-corrected chi connectivity index (χ2v) is 5.57. The Bertz CT molecular complexity index is 577. The second-order valence-electron chi connectivity index (χ2n) is 3.29. The molecular formula is C10H9ClN2O2S2. The first-order chi connectivity index (χ1) is 8.04. The third-order valence-corrected chi connectivity index (χ3v) is 4.86. The van der Waals surface area contributed by atoms with Crippen LogP contribution < -0.4 is 5.73 Å². The lowest BCUT2D eigenvalue weighted by atomic mass is 10.3. The first-order valence-electron chi connectivity index (χ1n) is 4.63. The highest BCUT2D eigenvalue weighted by molar-refractivity contribution is 7.23. The Balaban J connectivity index is 2.48. The Morgan fingerprint density at radius 1 is 1.59 bits per heavy atom. The number of thiazole rings is 1. The van der Waals surface area contributed by atoms with Gasteiger partial charge in [0.25, 0.3) is 0 Å². The van der Waals surface area contributed by atoms with E-state index in [9.17, 15) is 4.79 Å². The van der Waals surface area contributed by atoms with Gasteiger partial charge >= 0.3 is 5.97 Å². The molecule has 0 saturated carbocycles. The topological polar surface area (TPSA) is 65.2 Å². The molecule has 0 spiro atoms. The monoisotopic (exact) mass is 288 g/mol. The number of ether oxygens (including phenoxy) is 1. The van der Waals surface area contributed by atoms with Gasteiger partial charge in [0.15, 0.2) is 5.69 Å². The van der Waals surface area contributed by atoms with Gasteiger partial charge in [-0.25, -0.2) is 9.78 Å². The molecule has 2 N–H and O–H groups in total. The van der Waals surface area contributed by atoms with Crippen molar-refractivity contribution in [2.45, 2.75) is 6.92 Å². The van der Waals surface area contributed by atoms with Gasteiger partial charge in [0, 0.05) is 0 Å². The largest absolute Gasteiger partial charge is 0.464 e. The highest BCUT2D eigenvalue weighted by atomic mass is 35.5. The summed E-state index contributed by atoms with van der Waals surface area (Å²) in [7, 11) is 1.29. The van der Waals surface area contributed by atoms with Gasteiger partial charge in [0.05, 0.1) is 17.0 Å². The maximum atomic E-state index is 11.4. The molecule has 0 unspecified atom stereocenters. The van der Waals surface area contributed by atoms with Gasteiger partial charge in [0.1, 0.15) is 10.0 Å². The van der Waals surface area contributed by atoms with Crippen LogP contribution in [0, 0.1) is 6.92 Å². The fraction of sp³-hybridized carbons (Fsp3) is 0.200. The average Bonchev–Trinajstić information content (AvgIpc) is 2.83. The van der Waals surface area contributed by atoms with Crippen LogP contribution >= 0.6 is 34.3 Å². The zero-order chi connectivity index (χ0) is 12.6. The molecule has 0 amide bonds. The summed E-state index contributed by atoms with van der Waals surface area (Å²) in [5.74, 6) is -0.533. The lowest BCUT2D eigenvalue weighted by Gasteiger charge is -1.94. The Morgan fingerprint density at radius 2 is 2.29 bits per heavy atom. The van der Waals surface area contributed by atoms with Crippen LogP contribution in [0.1, 0.15) is 16.1 Å². The molecule has 0 aliphatic carbocycles. The van der Waals surface area contributed by atoms with Crippen LogP contribution in [-0.2, 0) is 4.74 Å². The number of hydrogen-bond acceptors (Lipinski definition) is 6. The molecule has 2 aromatic heterocycles. The molecule has 0 aromatic carbocycles. The molecular weight excluding hydrogens is 280 g/mol. The van der Waals surface area contributed by atoms with Crippen LogP contribution in [0.4, 0.5) is 5.00 Å². The smallest absolute Gasteiger partial charge is 0.359 e. The number of aryl methyl sites for hydroxylation is 1. The van der Waals surface area contributed by atoms with E-state index in [2.05, 4.69) is 9.72 Å². The van der Waals surface area contributed by atoms with Crippen molar-refractivity contribution in [1.29, 1.82) is 0 Å². The number of nitrogens with zero attached hydrogens (tertiary/aromatic N) is 1. The molecule has 0 radical (unpaired) electrons. The molecule has 0 atom stereocenters. The van der Waals surface area contributed by atoms with Crippen molar-refractivity contribution in [3.8, 4) is 9.88 Å². The summed E-state index contributed by atoms with van der Waals surface area (Å²) in [6, 6.07) is 0. The van der Waals surface area contributed by atoms with Gasteiger partial charge in [-0.15, -0.1) is 11.3 Å². The summed E-state index contributed by atoms with van der Waals surface area (Å²) in [6.07, 6.45) is 0. The average molecular weight is 289 g/mol. The lowest BCUT2D eigenvalue weighted by Crippen LogP contribution is -2.04. The Labute approximate surface area is 111 Å². The number of carbonyl (C=O) groups excluding carboxylic acids is 1. The Morgan fingerprint density at radius 3 is 2.82 bits per heavy atom. The standard InChI is InChI=1S/C10H9ClN2O2S2/c1-4-3-16-7(5(4)11)9-13-6(8(12)17-9)10(14)15-2/h3H,12H2,1-2H3. The second kappa shape index (κ2) is 4.64. The van der Waals surface area contributed by atoms with Crippen LogP contribution in [0.2, 0.25) is 5.02 Å². The van der Waals surface area contributed by atoms with E-state index in [1.54, 1.807) is 0 Å². The van der Waals surface area contributed by atoms with Gasteiger partial charge in [-0.3, -0.25) is 0 Å². The summed E-state index contributed by atoms with van der Waals surface area (Å²) in [5.41, 5.74) is 6.86. The SMILES string of the molecule is COC(=O)c1nc(-c2scc(C)c2Cl)sc1N. The Hall–Kier alpha value is -1.11. The van der Waals surface area contributed by atoms with Crippen molar-refractivity contribution in [3.05, 3.63) is 21.7 Å². The molecule has 4 nitrogen and oxygen atoms in total. The number of carbonyl (C=O) groups is 1. The number of thiophene rings is 1. The number of aromatic nitrogens is 1.